The van der Waals surface area contributed by atoms with Crippen LogP contribution in [-0.4, -0.2) is 28.2 Å². The van der Waals surface area contributed by atoms with Crippen LogP contribution in [0.3, 0.4) is 0 Å². The number of thioether (sulfide) groups is 1. The number of hydrogen-bond donors (Lipinski definition) is 0. The number of carbonyl (C=O) groups excluding carboxylic acids is 1. The number of carbonyl (C=O) groups is 1. The van der Waals surface area contributed by atoms with Crippen LogP contribution in [0.1, 0.15) is 33.8 Å². The van der Waals surface area contributed by atoms with Crippen molar-refractivity contribution in [3.8, 4) is 0 Å². The molecule has 1 aliphatic rings. The van der Waals surface area contributed by atoms with Crippen LogP contribution < -0.4 is 0 Å². The smallest absolute Gasteiger partial charge is 0.222 e. The van der Waals surface area contributed by atoms with Gasteiger partial charge in [-0.15, -0.1) is 0 Å². The minimum Gasteiger partial charge on any atom is -0.479 e. The Morgan fingerprint density at radius 2 is 1.88 bits per heavy atom. The summed E-state index contributed by atoms with van der Waals surface area (Å²) in [7, 11) is 0. The maximum absolute atomic E-state index is 12.6. The highest BCUT2D eigenvalue weighted by atomic mass is 32.2. The van der Waals surface area contributed by atoms with Gasteiger partial charge in [0.1, 0.15) is 5.37 Å². The van der Waals surface area contributed by atoms with Crippen molar-refractivity contribution >= 4 is 40.2 Å². The van der Waals surface area contributed by atoms with E-state index in [1.54, 1.807) is 0 Å². The monoisotopic (exact) mass is 369 g/mol. The molecule has 1 atom stereocenters. The largest absolute Gasteiger partial charge is 0.479 e. The van der Waals surface area contributed by atoms with Gasteiger partial charge in [-0.2, -0.15) is 0 Å². The predicted octanol–water partition coefficient (Wildman–Crippen LogP) is 4.91. The highest BCUT2D eigenvalue weighted by molar-refractivity contribution is 8.22. The molecular weight excluding hydrogens is 350 g/mol. The van der Waals surface area contributed by atoms with Crippen molar-refractivity contribution < 1.29 is 9.53 Å². The molecule has 0 aromatic heterocycles. The molecule has 0 aliphatic carbocycles. The second kappa shape index (κ2) is 8.32. The van der Waals surface area contributed by atoms with E-state index in [4.69, 9.17) is 17.0 Å². The van der Waals surface area contributed by atoms with Crippen LogP contribution in [0.25, 0.3) is 6.08 Å². The van der Waals surface area contributed by atoms with Gasteiger partial charge in [0.15, 0.2) is 5.78 Å². The predicted molar refractivity (Wildman–Crippen MR) is 108 cm³/mol. The van der Waals surface area contributed by atoms with E-state index in [2.05, 4.69) is 12.1 Å². The van der Waals surface area contributed by atoms with E-state index in [0.29, 0.717) is 23.1 Å². The van der Waals surface area contributed by atoms with Crippen molar-refractivity contribution in [3.05, 3.63) is 77.5 Å². The van der Waals surface area contributed by atoms with Gasteiger partial charge in [0.05, 0.1) is 13.2 Å². The Hall–Kier alpha value is -2.11. The molecule has 0 N–H and O–H groups in total. The van der Waals surface area contributed by atoms with E-state index in [9.17, 15) is 4.79 Å². The van der Waals surface area contributed by atoms with E-state index < -0.39 is 0 Å². The van der Waals surface area contributed by atoms with Crippen LogP contribution in [0.5, 0.6) is 0 Å². The van der Waals surface area contributed by atoms with Crippen LogP contribution in [-0.2, 0) is 4.74 Å². The SMILES string of the molecule is CCOC(=S)SC1c2ccccc2C=CN1CC(=O)c1ccccc1. The molecule has 1 heterocycles. The zero-order chi connectivity index (χ0) is 17.6. The molecule has 5 heteroatoms. The lowest BCUT2D eigenvalue weighted by Gasteiger charge is -2.33. The van der Waals surface area contributed by atoms with Crippen molar-refractivity contribution in [2.75, 3.05) is 13.2 Å². The second-order valence-electron chi connectivity index (χ2n) is 5.56. The average Bonchev–Trinajstić information content (AvgIpc) is 2.64. The van der Waals surface area contributed by atoms with Crippen LogP contribution in [0.2, 0.25) is 0 Å². The summed E-state index contributed by atoms with van der Waals surface area (Å²) in [5.41, 5.74) is 2.99. The summed E-state index contributed by atoms with van der Waals surface area (Å²) in [5.74, 6) is 0.0811. The molecule has 0 saturated heterocycles. The molecule has 3 nitrogen and oxygen atoms in total. The van der Waals surface area contributed by atoms with Gasteiger partial charge < -0.3 is 9.64 Å². The molecule has 0 spiro atoms. The number of ether oxygens (including phenoxy) is 1. The zero-order valence-corrected chi connectivity index (χ0v) is 15.6. The number of Topliss-reactive ketones (excluding diaryl/α,β-unsaturated/α-hetero) is 1. The van der Waals surface area contributed by atoms with E-state index >= 15 is 0 Å². The van der Waals surface area contributed by atoms with E-state index in [1.807, 2.05) is 66.6 Å². The van der Waals surface area contributed by atoms with E-state index in [-0.39, 0.29) is 11.2 Å². The molecule has 0 fully saturated rings. The molecule has 2 aromatic rings. The Kier molecular flexibility index (Phi) is 5.89. The Bertz CT molecular complexity index is 789. The quantitative estimate of drug-likeness (QED) is 0.552. The molecule has 25 heavy (non-hydrogen) atoms. The first kappa shape index (κ1) is 17.7. The van der Waals surface area contributed by atoms with Gasteiger partial charge >= 0.3 is 0 Å². The summed E-state index contributed by atoms with van der Waals surface area (Å²) in [5, 5.41) is -0.0760. The summed E-state index contributed by atoms with van der Waals surface area (Å²) < 4.78 is 5.95. The second-order valence-corrected chi connectivity index (χ2v) is 7.24. The van der Waals surface area contributed by atoms with Crippen LogP contribution in [0.15, 0.2) is 60.8 Å². The number of ketones is 1. The highest BCUT2D eigenvalue weighted by Gasteiger charge is 2.27. The van der Waals surface area contributed by atoms with Crippen molar-refractivity contribution in [1.29, 1.82) is 0 Å². The number of benzene rings is 2. The van der Waals surface area contributed by atoms with Crippen molar-refractivity contribution in [1.82, 2.24) is 4.90 Å². The van der Waals surface area contributed by atoms with Gasteiger partial charge in [-0.05, 0) is 48.1 Å². The fourth-order valence-electron chi connectivity index (χ4n) is 2.71. The average molecular weight is 370 g/mol. The summed E-state index contributed by atoms with van der Waals surface area (Å²) >= 11 is 6.79. The van der Waals surface area contributed by atoms with Gasteiger partial charge in [0, 0.05) is 11.8 Å². The maximum Gasteiger partial charge on any atom is 0.222 e. The van der Waals surface area contributed by atoms with Crippen LogP contribution in [0, 0.1) is 0 Å². The third kappa shape index (κ3) is 4.30. The van der Waals surface area contributed by atoms with Gasteiger partial charge in [-0.25, -0.2) is 0 Å². The summed E-state index contributed by atoms with van der Waals surface area (Å²) in [4.78, 5) is 14.7. The van der Waals surface area contributed by atoms with Gasteiger partial charge in [-0.3, -0.25) is 4.79 Å². The van der Waals surface area contributed by atoms with Crippen LogP contribution in [0.4, 0.5) is 0 Å². The fourth-order valence-corrected chi connectivity index (χ4v) is 4.09. The van der Waals surface area contributed by atoms with E-state index in [0.717, 1.165) is 11.1 Å². The normalized spacial score (nSPS) is 15.6. The number of fused-ring (bicyclic) bond motifs is 1. The number of rotatable bonds is 5. The lowest BCUT2D eigenvalue weighted by atomic mass is 10.0. The number of hydrogen-bond acceptors (Lipinski definition) is 5. The first-order chi connectivity index (χ1) is 12.2. The van der Waals surface area contributed by atoms with Crippen molar-refractivity contribution in [2.24, 2.45) is 0 Å². The molecule has 0 radical (unpaired) electrons. The maximum atomic E-state index is 12.6. The van der Waals surface area contributed by atoms with Gasteiger partial charge in [0.2, 0.25) is 4.38 Å². The lowest BCUT2D eigenvalue weighted by Crippen LogP contribution is -2.30. The fraction of sp³-hybridized carbons (Fsp3) is 0.200. The highest BCUT2D eigenvalue weighted by Crippen LogP contribution is 2.39. The number of nitrogens with zero attached hydrogens (tertiary/aromatic N) is 1. The molecule has 0 amide bonds. The Morgan fingerprint density at radius 3 is 2.64 bits per heavy atom. The van der Waals surface area contributed by atoms with Crippen molar-refractivity contribution in [2.45, 2.75) is 12.3 Å². The van der Waals surface area contributed by atoms with Crippen molar-refractivity contribution in [3.63, 3.8) is 0 Å². The summed E-state index contributed by atoms with van der Waals surface area (Å²) in [6, 6.07) is 17.5. The molecule has 0 saturated carbocycles. The molecule has 0 bridgehead atoms. The topological polar surface area (TPSA) is 29.5 Å². The standard InChI is InChI=1S/C20H19NO2S2/c1-2-23-20(24)25-19-17-11-7-6-8-15(17)12-13-21(19)14-18(22)16-9-4-3-5-10-16/h3-13,19H,2,14H2,1H3. The Labute approximate surface area is 157 Å². The molecule has 1 unspecified atom stereocenters. The molecular formula is C20H19NO2S2. The lowest BCUT2D eigenvalue weighted by molar-refractivity contribution is 0.0951. The molecule has 2 aromatic carbocycles. The summed E-state index contributed by atoms with van der Waals surface area (Å²) in [6.07, 6.45) is 4.00. The molecule has 128 valence electrons. The third-order valence-corrected chi connectivity index (χ3v) is 5.37. The van der Waals surface area contributed by atoms with Gasteiger partial charge in [-0.1, -0.05) is 54.6 Å². The first-order valence-corrected chi connectivity index (χ1v) is 9.42. The Balaban J connectivity index is 1.84. The summed E-state index contributed by atoms with van der Waals surface area (Å²) in [6.45, 7) is 2.75. The third-order valence-electron chi connectivity index (χ3n) is 3.90. The molecule has 1 aliphatic heterocycles. The Morgan fingerprint density at radius 1 is 1.16 bits per heavy atom. The minimum absolute atomic E-state index is 0.0760. The minimum atomic E-state index is -0.0760. The van der Waals surface area contributed by atoms with Crippen LogP contribution >= 0.6 is 24.0 Å². The molecule has 3 rings (SSSR count). The number of thiocarbonyl (C=S) groups is 1. The first-order valence-electron chi connectivity index (χ1n) is 8.13. The van der Waals surface area contributed by atoms with E-state index in [1.165, 1.54) is 11.8 Å². The zero-order valence-electron chi connectivity index (χ0n) is 13.9. The van der Waals surface area contributed by atoms with Gasteiger partial charge in [0.25, 0.3) is 0 Å².